The van der Waals surface area contributed by atoms with Gasteiger partial charge in [-0.15, -0.1) is 0 Å². The monoisotopic (exact) mass is 281 g/mol. The van der Waals surface area contributed by atoms with Crippen LogP contribution in [0.4, 0.5) is 4.39 Å². The van der Waals surface area contributed by atoms with Gasteiger partial charge in [0.05, 0.1) is 12.3 Å². The second kappa shape index (κ2) is 5.48. The van der Waals surface area contributed by atoms with E-state index in [9.17, 15) is 4.39 Å². The third-order valence-corrected chi connectivity index (χ3v) is 2.55. The molecule has 0 atom stereocenters. The maximum atomic E-state index is 13.7. The summed E-state index contributed by atoms with van der Waals surface area (Å²) >= 11 is 5.67. The van der Waals surface area contributed by atoms with E-state index in [1.165, 1.54) is 6.20 Å². The third-order valence-electron chi connectivity index (χ3n) is 2.37. The van der Waals surface area contributed by atoms with Crippen LogP contribution in [0.2, 0.25) is 5.28 Å². The highest BCUT2D eigenvalue weighted by atomic mass is 35.5. The highest BCUT2D eigenvalue weighted by molar-refractivity contribution is 6.28. The molecule has 2 heterocycles. The van der Waals surface area contributed by atoms with Gasteiger partial charge in [0.15, 0.2) is 5.82 Å². The van der Waals surface area contributed by atoms with Crippen LogP contribution >= 0.6 is 11.6 Å². The SMILES string of the molecule is Cc1cc(-c2nc(Cl)ncc2F)cnc1OC(C)C. The highest BCUT2D eigenvalue weighted by Crippen LogP contribution is 2.25. The zero-order valence-corrected chi connectivity index (χ0v) is 11.6. The van der Waals surface area contributed by atoms with Gasteiger partial charge in [-0.05, 0) is 38.4 Å². The topological polar surface area (TPSA) is 47.9 Å². The van der Waals surface area contributed by atoms with Crippen molar-refractivity contribution < 1.29 is 9.13 Å². The molecule has 0 aromatic carbocycles. The molecule has 0 amide bonds. The number of hydrogen-bond donors (Lipinski definition) is 0. The quantitative estimate of drug-likeness (QED) is 0.809. The van der Waals surface area contributed by atoms with E-state index >= 15 is 0 Å². The predicted molar refractivity (Wildman–Crippen MR) is 70.7 cm³/mol. The third kappa shape index (κ3) is 3.17. The maximum Gasteiger partial charge on any atom is 0.223 e. The van der Waals surface area contributed by atoms with Crippen molar-refractivity contribution in [3.63, 3.8) is 0 Å². The van der Waals surface area contributed by atoms with Crippen LogP contribution in [0, 0.1) is 12.7 Å². The Bertz CT molecular complexity index is 604. The smallest absolute Gasteiger partial charge is 0.223 e. The summed E-state index contributed by atoms with van der Waals surface area (Å²) in [7, 11) is 0. The lowest BCUT2D eigenvalue weighted by Crippen LogP contribution is -2.08. The Morgan fingerprint density at radius 2 is 2.00 bits per heavy atom. The van der Waals surface area contributed by atoms with E-state index in [0.29, 0.717) is 11.4 Å². The van der Waals surface area contributed by atoms with Crippen molar-refractivity contribution in [2.24, 2.45) is 0 Å². The lowest BCUT2D eigenvalue weighted by atomic mass is 10.1. The number of aryl methyl sites for hydroxylation is 1. The summed E-state index contributed by atoms with van der Waals surface area (Å²) in [6.45, 7) is 5.67. The summed E-state index contributed by atoms with van der Waals surface area (Å²) in [6, 6.07) is 1.76. The van der Waals surface area contributed by atoms with Crippen LogP contribution in [-0.4, -0.2) is 21.1 Å². The zero-order chi connectivity index (χ0) is 14.0. The largest absolute Gasteiger partial charge is 0.475 e. The fourth-order valence-corrected chi connectivity index (χ4v) is 1.72. The molecule has 19 heavy (non-hydrogen) atoms. The molecule has 2 aromatic rings. The van der Waals surface area contributed by atoms with E-state index in [0.717, 1.165) is 11.8 Å². The van der Waals surface area contributed by atoms with E-state index in [1.807, 2.05) is 20.8 Å². The number of rotatable bonds is 3. The molecule has 2 aromatic heterocycles. The van der Waals surface area contributed by atoms with Crippen LogP contribution in [0.25, 0.3) is 11.3 Å². The maximum absolute atomic E-state index is 13.7. The molecule has 0 unspecified atom stereocenters. The van der Waals surface area contributed by atoms with Gasteiger partial charge in [0.1, 0.15) is 5.69 Å². The molecule has 100 valence electrons. The Hall–Kier alpha value is -1.75. The van der Waals surface area contributed by atoms with Gasteiger partial charge in [0.2, 0.25) is 11.2 Å². The van der Waals surface area contributed by atoms with Crippen molar-refractivity contribution in [1.82, 2.24) is 15.0 Å². The Labute approximate surface area is 115 Å². The van der Waals surface area contributed by atoms with Gasteiger partial charge in [-0.25, -0.2) is 19.3 Å². The molecule has 4 nitrogen and oxygen atoms in total. The molecule has 0 radical (unpaired) electrons. The molecule has 0 saturated carbocycles. The first-order chi connectivity index (χ1) is 8.97. The second-order valence-electron chi connectivity index (χ2n) is 4.35. The van der Waals surface area contributed by atoms with Crippen LogP contribution in [0.1, 0.15) is 19.4 Å². The molecule has 0 fully saturated rings. The summed E-state index contributed by atoms with van der Waals surface area (Å²) < 4.78 is 19.2. The highest BCUT2D eigenvalue weighted by Gasteiger charge is 2.12. The molecule has 2 rings (SSSR count). The first-order valence-corrected chi connectivity index (χ1v) is 6.17. The van der Waals surface area contributed by atoms with Crippen LogP contribution < -0.4 is 4.74 Å². The minimum Gasteiger partial charge on any atom is -0.475 e. The molecule has 0 aliphatic carbocycles. The Morgan fingerprint density at radius 1 is 1.26 bits per heavy atom. The number of pyridine rings is 1. The molecular weight excluding hydrogens is 269 g/mol. The van der Waals surface area contributed by atoms with Gasteiger partial charge in [0.25, 0.3) is 0 Å². The number of ether oxygens (including phenoxy) is 1. The minimum atomic E-state index is -0.539. The molecule has 0 spiro atoms. The van der Waals surface area contributed by atoms with Crippen molar-refractivity contribution >= 4 is 11.6 Å². The average Bonchev–Trinajstić information content (AvgIpc) is 2.34. The number of aromatic nitrogens is 3. The van der Waals surface area contributed by atoms with Crippen molar-refractivity contribution in [3.8, 4) is 17.1 Å². The van der Waals surface area contributed by atoms with Crippen LogP contribution in [0.15, 0.2) is 18.5 Å². The first-order valence-electron chi connectivity index (χ1n) is 5.79. The Morgan fingerprint density at radius 3 is 2.63 bits per heavy atom. The molecule has 0 aliphatic rings. The summed E-state index contributed by atoms with van der Waals surface area (Å²) in [5, 5.41) is -0.00319. The average molecular weight is 282 g/mol. The van der Waals surface area contributed by atoms with Crippen molar-refractivity contribution in [2.45, 2.75) is 26.9 Å². The summed E-state index contributed by atoms with van der Waals surface area (Å²) in [5.41, 5.74) is 1.47. The Kier molecular flexibility index (Phi) is 3.95. The number of halogens is 2. The van der Waals surface area contributed by atoms with E-state index < -0.39 is 5.82 Å². The lowest BCUT2D eigenvalue weighted by molar-refractivity contribution is 0.231. The molecule has 0 saturated heterocycles. The number of nitrogens with zero attached hydrogens (tertiary/aromatic N) is 3. The van der Waals surface area contributed by atoms with Gasteiger partial charge in [0, 0.05) is 17.3 Å². The normalized spacial score (nSPS) is 10.8. The van der Waals surface area contributed by atoms with Crippen molar-refractivity contribution in [3.05, 3.63) is 35.1 Å². The second-order valence-corrected chi connectivity index (χ2v) is 4.69. The van der Waals surface area contributed by atoms with E-state index in [4.69, 9.17) is 16.3 Å². The fourth-order valence-electron chi connectivity index (χ4n) is 1.59. The van der Waals surface area contributed by atoms with Crippen molar-refractivity contribution in [1.29, 1.82) is 0 Å². The lowest BCUT2D eigenvalue weighted by Gasteiger charge is -2.12. The van der Waals surface area contributed by atoms with Gasteiger partial charge in [-0.3, -0.25) is 0 Å². The first kappa shape index (κ1) is 13.7. The summed E-state index contributed by atoms with van der Waals surface area (Å²) in [6.07, 6.45) is 2.58. The van der Waals surface area contributed by atoms with Gasteiger partial charge in [-0.1, -0.05) is 0 Å². The van der Waals surface area contributed by atoms with Gasteiger partial charge >= 0.3 is 0 Å². The van der Waals surface area contributed by atoms with Crippen molar-refractivity contribution in [2.75, 3.05) is 0 Å². The van der Waals surface area contributed by atoms with Crippen LogP contribution in [0.5, 0.6) is 5.88 Å². The number of hydrogen-bond acceptors (Lipinski definition) is 4. The van der Waals surface area contributed by atoms with E-state index in [-0.39, 0.29) is 17.1 Å². The van der Waals surface area contributed by atoms with Gasteiger partial charge in [-0.2, -0.15) is 0 Å². The van der Waals surface area contributed by atoms with E-state index in [2.05, 4.69) is 15.0 Å². The molecular formula is C13H13ClFN3O. The molecule has 0 aliphatic heterocycles. The van der Waals surface area contributed by atoms with Crippen LogP contribution in [0.3, 0.4) is 0 Å². The minimum absolute atomic E-state index is 0.00319. The predicted octanol–water partition coefficient (Wildman–Crippen LogP) is 3.43. The zero-order valence-electron chi connectivity index (χ0n) is 10.8. The van der Waals surface area contributed by atoms with Gasteiger partial charge < -0.3 is 4.74 Å². The molecule has 0 N–H and O–H groups in total. The fraction of sp³-hybridized carbons (Fsp3) is 0.308. The summed E-state index contributed by atoms with van der Waals surface area (Å²) in [5.74, 6) is -0.0116. The van der Waals surface area contributed by atoms with Crippen LogP contribution in [-0.2, 0) is 0 Å². The Balaban J connectivity index is 2.41. The molecule has 6 heteroatoms. The van der Waals surface area contributed by atoms with E-state index in [1.54, 1.807) is 6.07 Å². The standard InChI is InChI=1S/C13H13ClFN3O/c1-7(2)19-12-8(3)4-9(5-16-12)11-10(15)6-17-13(14)18-11/h4-7H,1-3H3. The summed E-state index contributed by atoms with van der Waals surface area (Å²) in [4.78, 5) is 11.6. The molecule has 0 bridgehead atoms.